The van der Waals surface area contributed by atoms with Gasteiger partial charge in [0.25, 0.3) is 0 Å². The summed E-state index contributed by atoms with van der Waals surface area (Å²) < 4.78 is 7.53. The largest absolute Gasteiger partial charge is 0.360 e. The number of aromatic nitrogens is 3. The van der Waals surface area contributed by atoms with Crippen LogP contribution in [-0.4, -0.2) is 20.8 Å². The number of anilines is 1. The minimum Gasteiger partial charge on any atom is -0.360 e. The summed E-state index contributed by atoms with van der Waals surface area (Å²) in [6.45, 7) is 4.20. The molecule has 96 valence electrons. The molecule has 0 aliphatic rings. The highest BCUT2D eigenvalue weighted by molar-refractivity contribution is 9.10. The van der Waals surface area contributed by atoms with E-state index in [-0.39, 0.29) is 5.91 Å². The minimum atomic E-state index is -0.118. The van der Waals surface area contributed by atoms with Gasteiger partial charge in [-0.05, 0) is 29.8 Å². The molecule has 1 N–H and O–H groups in total. The van der Waals surface area contributed by atoms with Crippen LogP contribution >= 0.6 is 15.9 Å². The Balaban J connectivity index is 1.85. The molecule has 0 spiro atoms. The number of halogens is 1. The molecule has 2 aromatic heterocycles. The van der Waals surface area contributed by atoms with Gasteiger partial charge in [0.05, 0.1) is 10.2 Å². The van der Waals surface area contributed by atoms with Gasteiger partial charge in [-0.3, -0.25) is 9.48 Å². The maximum Gasteiger partial charge on any atom is 0.227 e. The standard InChI is InChI=1S/C11H13BrN4O2/c1-7-5-10(15-18-7)13-11(17)3-4-16-6-9(12)8(2)14-16/h5-6H,3-4H2,1-2H3,(H,13,15,17). The summed E-state index contributed by atoms with van der Waals surface area (Å²) in [7, 11) is 0. The predicted molar refractivity (Wildman–Crippen MR) is 69.2 cm³/mol. The lowest BCUT2D eigenvalue weighted by Crippen LogP contribution is -2.14. The number of aryl methyl sites for hydroxylation is 3. The Labute approximate surface area is 112 Å². The maximum absolute atomic E-state index is 11.6. The summed E-state index contributed by atoms with van der Waals surface area (Å²) >= 11 is 3.37. The summed E-state index contributed by atoms with van der Waals surface area (Å²) in [5.74, 6) is 0.986. The second kappa shape index (κ2) is 5.34. The molecular formula is C11H13BrN4O2. The molecule has 0 saturated heterocycles. The van der Waals surface area contributed by atoms with Crippen molar-refractivity contribution in [1.82, 2.24) is 14.9 Å². The Hall–Kier alpha value is -1.63. The Morgan fingerprint density at radius 1 is 1.56 bits per heavy atom. The number of hydrogen-bond acceptors (Lipinski definition) is 4. The van der Waals surface area contributed by atoms with Crippen molar-refractivity contribution < 1.29 is 9.32 Å². The highest BCUT2D eigenvalue weighted by Gasteiger charge is 2.07. The number of carbonyl (C=O) groups excluding carboxylic acids is 1. The molecule has 2 aromatic rings. The third-order valence-electron chi connectivity index (χ3n) is 2.35. The quantitative estimate of drug-likeness (QED) is 0.940. The topological polar surface area (TPSA) is 73.0 Å². The lowest BCUT2D eigenvalue weighted by molar-refractivity contribution is -0.116. The molecule has 0 atom stereocenters. The fraction of sp³-hybridized carbons (Fsp3) is 0.364. The molecule has 0 aromatic carbocycles. The van der Waals surface area contributed by atoms with E-state index in [9.17, 15) is 4.79 Å². The van der Waals surface area contributed by atoms with E-state index in [0.29, 0.717) is 24.5 Å². The van der Waals surface area contributed by atoms with Crippen LogP contribution in [0.15, 0.2) is 21.3 Å². The van der Waals surface area contributed by atoms with Gasteiger partial charge >= 0.3 is 0 Å². The zero-order valence-electron chi connectivity index (χ0n) is 10.1. The first-order valence-electron chi connectivity index (χ1n) is 5.47. The monoisotopic (exact) mass is 312 g/mol. The molecule has 0 aliphatic heterocycles. The van der Waals surface area contributed by atoms with E-state index in [1.54, 1.807) is 17.7 Å². The van der Waals surface area contributed by atoms with E-state index < -0.39 is 0 Å². The summed E-state index contributed by atoms with van der Waals surface area (Å²) in [6.07, 6.45) is 2.18. The van der Waals surface area contributed by atoms with Gasteiger partial charge in [-0.15, -0.1) is 0 Å². The molecule has 0 bridgehead atoms. The van der Waals surface area contributed by atoms with E-state index in [1.807, 2.05) is 13.1 Å². The second-order valence-corrected chi connectivity index (χ2v) is 4.80. The van der Waals surface area contributed by atoms with Crippen LogP contribution in [0.4, 0.5) is 5.82 Å². The van der Waals surface area contributed by atoms with Crippen LogP contribution < -0.4 is 5.32 Å². The highest BCUT2D eigenvalue weighted by atomic mass is 79.9. The van der Waals surface area contributed by atoms with E-state index in [4.69, 9.17) is 4.52 Å². The van der Waals surface area contributed by atoms with Crippen molar-refractivity contribution in [3.05, 3.63) is 28.2 Å². The number of nitrogens with zero attached hydrogens (tertiary/aromatic N) is 3. The lowest BCUT2D eigenvalue weighted by Gasteiger charge is -2.01. The lowest BCUT2D eigenvalue weighted by atomic mass is 10.4. The van der Waals surface area contributed by atoms with Gasteiger partial charge in [-0.25, -0.2) is 0 Å². The zero-order chi connectivity index (χ0) is 13.1. The van der Waals surface area contributed by atoms with Crippen molar-refractivity contribution in [3.8, 4) is 0 Å². The van der Waals surface area contributed by atoms with Crippen molar-refractivity contribution in [1.29, 1.82) is 0 Å². The molecule has 18 heavy (non-hydrogen) atoms. The van der Waals surface area contributed by atoms with E-state index >= 15 is 0 Å². The molecule has 2 rings (SSSR count). The molecular weight excluding hydrogens is 300 g/mol. The number of rotatable bonds is 4. The number of nitrogens with one attached hydrogen (secondary N) is 1. The maximum atomic E-state index is 11.6. The minimum absolute atomic E-state index is 0.118. The average Bonchev–Trinajstić information content (AvgIpc) is 2.84. The van der Waals surface area contributed by atoms with Gasteiger partial charge in [0.1, 0.15) is 5.76 Å². The first-order chi connectivity index (χ1) is 8.54. The van der Waals surface area contributed by atoms with Gasteiger partial charge in [-0.2, -0.15) is 5.10 Å². The van der Waals surface area contributed by atoms with Gasteiger partial charge < -0.3 is 9.84 Å². The van der Waals surface area contributed by atoms with Gasteiger partial charge in [0.15, 0.2) is 5.82 Å². The van der Waals surface area contributed by atoms with E-state index in [0.717, 1.165) is 10.2 Å². The molecule has 2 heterocycles. The molecule has 0 radical (unpaired) electrons. The van der Waals surface area contributed by atoms with Crippen LogP contribution in [0, 0.1) is 13.8 Å². The van der Waals surface area contributed by atoms with Crippen molar-refractivity contribution >= 4 is 27.7 Å². The van der Waals surface area contributed by atoms with Crippen LogP contribution in [-0.2, 0) is 11.3 Å². The second-order valence-electron chi connectivity index (χ2n) is 3.95. The first kappa shape index (κ1) is 12.8. The first-order valence-corrected chi connectivity index (χ1v) is 6.26. The SMILES string of the molecule is Cc1cc(NC(=O)CCn2cc(Br)c(C)n2)no1. The van der Waals surface area contributed by atoms with Gasteiger partial charge in [-0.1, -0.05) is 5.16 Å². The summed E-state index contributed by atoms with van der Waals surface area (Å²) in [5.41, 5.74) is 0.905. The van der Waals surface area contributed by atoms with Gasteiger partial charge in [0.2, 0.25) is 5.91 Å². The van der Waals surface area contributed by atoms with Crippen LogP contribution in [0.3, 0.4) is 0 Å². The smallest absolute Gasteiger partial charge is 0.227 e. The Bertz CT molecular complexity index is 542. The molecule has 0 aliphatic carbocycles. The van der Waals surface area contributed by atoms with Crippen LogP contribution in [0.5, 0.6) is 0 Å². The Morgan fingerprint density at radius 3 is 2.89 bits per heavy atom. The number of amides is 1. The van der Waals surface area contributed by atoms with Crippen LogP contribution in [0.25, 0.3) is 0 Å². The normalized spacial score (nSPS) is 10.6. The van der Waals surface area contributed by atoms with E-state index in [1.165, 1.54) is 0 Å². The Morgan fingerprint density at radius 2 is 2.33 bits per heavy atom. The van der Waals surface area contributed by atoms with Crippen molar-refractivity contribution in [3.63, 3.8) is 0 Å². The van der Waals surface area contributed by atoms with Crippen LogP contribution in [0.2, 0.25) is 0 Å². The third-order valence-corrected chi connectivity index (χ3v) is 3.13. The molecule has 0 unspecified atom stereocenters. The summed E-state index contributed by atoms with van der Waals surface area (Å²) in [6, 6.07) is 1.67. The van der Waals surface area contributed by atoms with Crippen molar-refractivity contribution in [2.45, 2.75) is 26.8 Å². The van der Waals surface area contributed by atoms with Crippen molar-refractivity contribution in [2.24, 2.45) is 0 Å². The zero-order valence-corrected chi connectivity index (χ0v) is 11.7. The molecule has 1 amide bonds. The third kappa shape index (κ3) is 3.19. The molecule has 6 nitrogen and oxygen atoms in total. The number of carbonyl (C=O) groups is 1. The highest BCUT2D eigenvalue weighted by Crippen LogP contribution is 2.13. The van der Waals surface area contributed by atoms with E-state index in [2.05, 4.69) is 31.5 Å². The predicted octanol–water partition coefficient (Wildman–Crippen LogP) is 2.28. The molecule has 7 heteroatoms. The average molecular weight is 313 g/mol. The fourth-order valence-corrected chi connectivity index (χ4v) is 1.77. The molecule has 0 fully saturated rings. The van der Waals surface area contributed by atoms with Crippen LogP contribution in [0.1, 0.15) is 17.9 Å². The van der Waals surface area contributed by atoms with Gasteiger partial charge in [0, 0.05) is 25.2 Å². The van der Waals surface area contributed by atoms with Crippen molar-refractivity contribution in [2.75, 3.05) is 5.32 Å². The summed E-state index contributed by atoms with van der Waals surface area (Å²) in [5, 5.41) is 10.6. The number of hydrogen-bond donors (Lipinski definition) is 1. The fourth-order valence-electron chi connectivity index (χ4n) is 1.45. The Kier molecular flexibility index (Phi) is 3.81. The molecule has 0 saturated carbocycles. The summed E-state index contributed by atoms with van der Waals surface area (Å²) in [4.78, 5) is 11.6.